The minimum Gasteiger partial charge on any atom is -0.493 e. The first-order valence-electron chi connectivity index (χ1n) is 4.64. The first-order valence-corrected chi connectivity index (χ1v) is 4.64. The predicted molar refractivity (Wildman–Crippen MR) is 56.9 cm³/mol. The molecule has 0 fully saturated rings. The second kappa shape index (κ2) is 5.26. The molecule has 0 saturated heterocycles. The summed E-state index contributed by atoms with van der Waals surface area (Å²) < 4.78 is 9.73. The highest BCUT2D eigenvalue weighted by Gasteiger charge is 2.19. The summed E-state index contributed by atoms with van der Waals surface area (Å²) in [7, 11) is 1.28. The Balaban J connectivity index is 3.35. The molecular formula is C10H11NO6. The van der Waals surface area contributed by atoms with Crippen LogP contribution in [0.1, 0.15) is 12.5 Å². The molecule has 1 N–H and O–H groups in total. The molecule has 0 heterocycles. The Morgan fingerprint density at radius 1 is 1.53 bits per heavy atom. The van der Waals surface area contributed by atoms with Gasteiger partial charge < -0.3 is 14.6 Å². The van der Waals surface area contributed by atoms with Crippen LogP contribution in [0.5, 0.6) is 11.5 Å². The van der Waals surface area contributed by atoms with Crippen molar-refractivity contribution in [2.45, 2.75) is 13.5 Å². The number of non-ortho nitro benzene ring substituents is 1. The zero-order valence-corrected chi connectivity index (χ0v) is 9.30. The number of esters is 1. The number of hydrogen-bond donors (Lipinski definition) is 1. The smallest absolute Gasteiger partial charge is 0.308 e. The second-order valence-corrected chi connectivity index (χ2v) is 3.15. The van der Waals surface area contributed by atoms with E-state index in [9.17, 15) is 14.9 Å². The highest BCUT2D eigenvalue weighted by molar-refractivity contribution is 5.71. The number of carbonyl (C=O) groups excluding carboxylic acids is 1. The molecule has 0 aliphatic carbocycles. The van der Waals surface area contributed by atoms with Crippen LogP contribution in [0.4, 0.5) is 5.69 Å². The van der Waals surface area contributed by atoms with Gasteiger partial charge in [-0.15, -0.1) is 0 Å². The minimum atomic E-state index is -0.626. The van der Waals surface area contributed by atoms with E-state index in [1.165, 1.54) is 14.0 Å². The monoisotopic (exact) mass is 241 g/mol. The van der Waals surface area contributed by atoms with E-state index in [1.54, 1.807) is 0 Å². The fourth-order valence-electron chi connectivity index (χ4n) is 1.28. The van der Waals surface area contributed by atoms with Gasteiger partial charge in [0.25, 0.3) is 5.69 Å². The minimum absolute atomic E-state index is 0.00639. The van der Waals surface area contributed by atoms with E-state index in [2.05, 4.69) is 0 Å². The van der Waals surface area contributed by atoms with Crippen molar-refractivity contribution in [3.8, 4) is 11.5 Å². The van der Waals surface area contributed by atoms with Crippen molar-refractivity contribution in [1.82, 2.24) is 0 Å². The van der Waals surface area contributed by atoms with Gasteiger partial charge in [0.1, 0.15) is 0 Å². The summed E-state index contributed by atoms with van der Waals surface area (Å²) in [5.41, 5.74) is -0.131. The summed E-state index contributed by atoms with van der Waals surface area (Å²) in [5, 5.41) is 19.7. The Bertz CT molecular complexity index is 431. The van der Waals surface area contributed by atoms with Crippen molar-refractivity contribution >= 4 is 11.7 Å². The average Bonchev–Trinajstić information content (AvgIpc) is 2.28. The fraction of sp³-hybridized carbons (Fsp3) is 0.300. The first kappa shape index (κ1) is 12.9. The highest BCUT2D eigenvalue weighted by atomic mass is 16.6. The van der Waals surface area contributed by atoms with Crippen LogP contribution in [0.25, 0.3) is 0 Å². The van der Waals surface area contributed by atoms with Gasteiger partial charge in [0.2, 0.25) is 0 Å². The van der Waals surface area contributed by atoms with Crippen LogP contribution in [0, 0.1) is 10.1 Å². The third-order valence-electron chi connectivity index (χ3n) is 1.96. The summed E-state index contributed by atoms with van der Waals surface area (Å²) in [4.78, 5) is 20.9. The van der Waals surface area contributed by atoms with Crippen LogP contribution in [-0.2, 0) is 11.4 Å². The molecule has 7 nitrogen and oxygen atoms in total. The number of nitrogens with zero attached hydrogens (tertiary/aromatic N) is 1. The summed E-state index contributed by atoms with van der Waals surface area (Å²) >= 11 is 0. The third-order valence-corrected chi connectivity index (χ3v) is 1.96. The molecule has 0 aliphatic rings. The molecule has 0 saturated carbocycles. The zero-order chi connectivity index (χ0) is 13.0. The van der Waals surface area contributed by atoms with E-state index < -0.39 is 17.5 Å². The largest absolute Gasteiger partial charge is 0.493 e. The fourth-order valence-corrected chi connectivity index (χ4v) is 1.28. The lowest BCUT2D eigenvalue weighted by Gasteiger charge is -2.11. The number of rotatable bonds is 4. The lowest BCUT2D eigenvalue weighted by atomic mass is 10.1. The maximum Gasteiger partial charge on any atom is 0.308 e. The van der Waals surface area contributed by atoms with Gasteiger partial charge >= 0.3 is 5.97 Å². The van der Waals surface area contributed by atoms with E-state index in [4.69, 9.17) is 14.6 Å². The molecular weight excluding hydrogens is 230 g/mol. The van der Waals surface area contributed by atoms with Crippen molar-refractivity contribution < 1.29 is 24.3 Å². The van der Waals surface area contributed by atoms with Gasteiger partial charge in [0.05, 0.1) is 24.7 Å². The third kappa shape index (κ3) is 2.91. The van der Waals surface area contributed by atoms with Gasteiger partial charge in [-0.05, 0) is 0 Å². The van der Waals surface area contributed by atoms with Gasteiger partial charge in [-0.2, -0.15) is 0 Å². The normalized spacial score (nSPS) is 9.82. The van der Waals surface area contributed by atoms with E-state index in [0.717, 1.165) is 12.1 Å². The first-order chi connectivity index (χ1) is 7.99. The second-order valence-electron chi connectivity index (χ2n) is 3.15. The molecule has 0 unspecified atom stereocenters. The molecule has 1 aromatic carbocycles. The van der Waals surface area contributed by atoms with E-state index in [-0.39, 0.29) is 22.7 Å². The Morgan fingerprint density at radius 2 is 2.18 bits per heavy atom. The van der Waals surface area contributed by atoms with Crippen LogP contribution < -0.4 is 9.47 Å². The maximum absolute atomic E-state index is 10.9. The van der Waals surface area contributed by atoms with Gasteiger partial charge in [-0.25, -0.2) is 0 Å². The van der Waals surface area contributed by atoms with Crippen molar-refractivity contribution in [2.75, 3.05) is 7.11 Å². The van der Waals surface area contributed by atoms with Gasteiger partial charge in [-0.3, -0.25) is 14.9 Å². The van der Waals surface area contributed by atoms with Crippen molar-refractivity contribution in [3.63, 3.8) is 0 Å². The number of hydrogen-bond acceptors (Lipinski definition) is 6. The standard InChI is InChI=1S/C10H11NO6/c1-6(13)17-10-7(5-12)3-8(11(14)15)4-9(10)16-2/h3-4,12H,5H2,1-2H3. The molecule has 1 rings (SSSR count). The number of aliphatic hydroxyl groups excluding tert-OH is 1. The zero-order valence-electron chi connectivity index (χ0n) is 9.30. The van der Waals surface area contributed by atoms with Crippen molar-refractivity contribution in [3.05, 3.63) is 27.8 Å². The molecule has 0 aromatic heterocycles. The molecule has 0 atom stereocenters. The van der Waals surface area contributed by atoms with Crippen LogP contribution in [-0.4, -0.2) is 23.1 Å². The lowest BCUT2D eigenvalue weighted by molar-refractivity contribution is -0.385. The van der Waals surface area contributed by atoms with Gasteiger partial charge in [0.15, 0.2) is 11.5 Å². The highest BCUT2D eigenvalue weighted by Crippen LogP contribution is 2.35. The Kier molecular flexibility index (Phi) is 4.00. The van der Waals surface area contributed by atoms with Crippen LogP contribution in [0.2, 0.25) is 0 Å². The Hall–Kier alpha value is -2.15. The molecule has 0 spiro atoms. The number of ether oxygens (including phenoxy) is 2. The van der Waals surface area contributed by atoms with E-state index in [1.807, 2.05) is 0 Å². The van der Waals surface area contributed by atoms with E-state index >= 15 is 0 Å². The van der Waals surface area contributed by atoms with E-state index in [0.29, 0.717) is 0 Å². The van der Waals surface area contributed by atoms with Crippen LogP contribution in [0.15, 0.2) is 12.1 Å². The summed E-state index contributed by atoms with van der Waals surface area (Å²) in [6.45, 7) is 0.683. The molecule has 92 valence electrons. The Morgan fingerprint density at radius 3 is 2.59 bits per heavy atom. The number of benzene rings is 1. The van der Waals surface area contributed by atoms with Crippen LogP contribution in [0.3, 0.4) is 0 Å². The number of carbonyl (C=O) groups is 1. The molecule has 7 heteroatoms. The molecule has 0 bridgehead atoms. The maximum atomic E-state index is 10.9. The molecule has 0 radical (unpaired) electrons. The van der Waals surface area contributed by atoms with Crippen LogP contribution >= 0.6 is 0 Å². The average molecular weight is 241 g/mol. The van der Waals surface area contributed by atoms with Crippen molar-refractivity contribution in [2.24, 2.45) is 0 Å². The predicted octanol–water partition coefficient (Wildman–Crippen LogP) is 1.02. The lowest BCUT2D eigenvalue weighted by Crippen LogP contribution is -2.06. The summed E-state index contributed by atoms with van der Waals surface area (Å²) in [6, 6.07) is 2.25. The molecule has 0 aliphatic heterocycles. The van der Waals surface area contributed by atoms with Crippen molar-refractivity contribution in [1.29, 1.82) is 0 Å². The molecule has 17 heavy (non-hydrogen) atoms. The molecule has 1 aromatic rings. The van der Waals surface area contributed by atoms with Gasteiger partial charge in [-0.1, -0.05) is 0 Å². The summed E-state index contributed by atoms with van der Waals surface area (Å²) in [5.74, 6) is -0.585. The quantitative estimate of drug-likeness (QED) is 0.365. The SMILES string of the molecule is COc1cc([N+](=O)[O-])cc(CO)c1OC(C)=O. The topological polar surface area (TPSA) is 98.9 Å². The van der Waals surface area contributed by atoms with Gasteiger partial charge in [0, 0.05) is 18.6 Å². The number of methoxy groups -OCH3 is 1. The summed E-state index contributed by atoms with van der Waals surface area (Å²) in [6.07, 6.45) is 0. The number of aliphatic hydroxyl groups is 1. The number of nitro groups is 1. The molecule has 0 amide bonds. The Labute approximate surface area is 96.7 Å². The number of nitro benzene ring substituents is 1.